The average Bonchev–Trinajstić information content (AvgIpc) is 2.71. The smallest absolute Gasteiger partial charge is 0.261 e. The molecule has 0 aliphatic carbocycles. The van der Waals surface area contributed by atoms with E-state index in [1.54, 1.807) is 26.6 Å². The van der Waals surface area contributed by atoms with Crippen LogP contribution in [0.15, 0.2) is 60.1 Å². The van der Waals surface area contributed by atoms with E-state index in [4.69, 9.17) is 14.2 Å². The molecule has 1 atom stereocenters. The van der Waals surface area contributed by atoms with Crippen LogP contribution in [0, 0.1) is 0 Å². The summed E-state index contributed by atoms with van der Waals surface area (Å²) in [5, 5.41) is 2.92. The predicted molar refractivity (Wildman–Crippen MR) is 109 cm³/mol. The Bertz CT molecular complexity index is 659. The summed E-state index contributed by atoms with van der Waals surface area (Å²) in [6, 6.07) is 7.83. The van der Waals surface area contributed by atoms with Crippen molar-refractivity contribution in [3.05, 3.63) is 65.7 Å². The van der Waals surface area contributed by atoms with Gasteiger partial charge in [0.2, 0.25) is 0 Å². The summed E-state index contributed by atoms with van der Waals surface area (Å²) in [4.78, 5) is 12.5. The van der Waals surface area contributed by atoms with Crippen molar-refractivity contribution in [1.82, 2.24) is 5.32 Å². The average molecular weight is 373 g/mol. The lowest BCUT2D eigenvalue weighted by Gasteiger charge is -2.17. The quantitative estimate of drug-likeness (QED) is 0.467. The van der Waals surface area contributed by atoms with Crippen molar-refractivity contribution in [2.24, 2.45) is 0 Å². The highest BCUT2D eigenvalue weighted by Gasteiger charge is 2.18. The Balaban J connectivity index is 2.72. The standard InChI is InChI=1S/C22H31NO4/c1-6-18-10-12-20(13-11-18)27-21(7-2)22(24)23-16-19(14-15-25-4)9-8-17(3)26-5/h8-15,21H,6-7,16H2,1-5H3,(H,23,24)/b15-14+,17-8+,19-9+. The van der Waals surface area contributed by atoms with Gasteiger partial charge in [-0.15, -0.1) is 0 Å². The maximum absolute atomic E-state index is 12.5. The van der Waals surface area contributed by atoms with Crippen molar-refractivity contribution in [3.8, 4) is 5.75 Å². The Hall–Kier alpha value is -2.69. The van der Waals surface area contributed by atoms with E-state index >= 15 is 0 Å². The number of ether oxygens (including phenoxy) is 3. The molecule has 1 aromatic carbocycles. The van der Waals surface area contributed by atoms with Crippen LogP contribution in [0.2, 0.25) is 0 Å². The summed E-state index contributed by atoms with van der Waals surface area (Å²) < 4.78 is 15.9. The molecule has 5 heteroatoms. The van der Waals surface area contributed by atoms with Crippen LogP contribution in [0.3, 0.4) is 0 Å². The fraction of sp³-hybridized carbons (Fsp3) is 0.409. The van der Waals surface area contributed by atoms with Crippen LogP contribution >= 0.6 is 0 Å². The van der Waals surface area contributed by atoms with Crippen molar-refractivity contribution >= 4 is 5.91 Å². The number of amides is 1. The lowest BCUT2D eigenvalue weighted by molar-refractivity contribution is -0.127. The number of hydrogen-bond acceptors (Lipinski definition) is 4. The highest BCUT2D eigenvalue weighted by atomic mass is 16.5. The second-order valence-corrected chi connectivity index (χ2v) is 5.99. The first-order valence-corrected chi connectivity index (χ1v) is 9.18. The number of aryl methyl sites for hydroxylation is 1. The largest absolute Gasteiger partial charge is 0.504 e. The van der Waals surface area contributed by atoms with Crippen LogP contribution in [0.5, 0.6) is 5.75 Å². The zero-order chi connectivity index (χ0) is 20.1. The summed E-state index contributed by atoms with van der Waals surface area (Å²) in [7, 11) is 3.19. The van der Waals surface area contributed by atoms with E-state index in [0.717, 1.165) is 17.8 Å². The topological polar surface area (TPSA) is 56.8 Å². The Morgan fingerprint density at radius 1 is 1.15 bits per heavy atom. The second-order valence-electron chi connectivity index (χ2n) is 5.99. The van der Waals surface area contributed by atoms with E-state index in [1.165, 1.54) is 5.56 Å². The number of methoxy groups -OCH3 is 2. The molecule has 1 aromatic rings. The fourth-order valence-corrected chi connectivity index (χ4v) is 2.21. The highest BCUT2D eigenvalue weighted by Crippen LogP contribution is 2.15. The molecule has 0 saturated carbocycles. The van der Waals surface area contributed by atoms with Gasteiger partial charge in [-0.25, -0.2) is 0 Å². The van der Waals surface area contributed by atoms with Crippen molar-refractivity contribution in [1.29, 1.82) is 0 Å². The first kappa shape index (κ1) is 22.4. The zero-order valence-electron chi connectivity index (χ0n) is 17.0. The van der Waals surface area contributed by atoms with Crippen LogP contribution in [-0.2, 0) is 20.7 Å². The van der Waals surface area contributed by atoms with Crippen LogP contribution in [0.4, 0.5) is 0 Å². The first-order chi connectivity index (χ1) is 13.0. The zero-order valence-corrected chi connectivity index (χ0v) is 17.0. The van der Waals surface area contributed by atoms with Gasteiger partial charge in [0.05, 0.1) is 26.2 Å². The molecule has 148 valence electrons. The molecule has 1 amide bonds. The van der Waals surface area contributed by atoms with Crippen LogP contribution in [0.25, 0.3) is 0 Å². The number of allylic oxidation sites excluding steroid dienone is 3. The Morgan fingerprint density at radius 3 is 2.41 bits per heavy atom. The predicted octanol–water partition coefficient (Wildman–Crippen LogP) is 4.16. The lowest BCUT2D eigenvalue weighted by atomic mass is 10.1. The minimum atomic E-state index is -0.540. The number of rotatable bonds is 11. The van der Waals surface area contributed by atoms with Gasteiger partial charge in [0.25, 0.3) is 5.91 Å². The summed E-state index contributed by atoms with van der Waals surface area (Å²) >= 11 is 0. The number of carbonyl (C=O) groups excluding carboxylic acids is 1. The third-order valence-electron chi connectivity index (χ3n) is 4.01. The summed E-state index contributed by atoms with van der Waals surface area (Å²) in [6.45, 7) is 6.25. The highest BCUT2D eigenvalue weighted by molar-refractivity contribution is 5.81. The molecular weight excluding hydrogens is 342 g/mol. The van der Waals surface area contributed by atoms with Gasteiger partial charge in [-0.05, 0) is 55.2 Å². The van der Waals surface area contributed by atoms with Crippen LogP contribution in [0.1, 0.15) is 32.8 Å². The van der Waals surface area contributed by atoms with Gasteiger partial charge in [-0.2, -0.15) is 0 Å². The Labute approximate surface area is 162 Å². The molecule has 0 fully saturated rings. The van der Waals surface area contributed by atoms with Crippen molar-refractivity contribution in [2.45, 2.75) is 39.7 Å². The van der Waals surface area contributed by atoms with E-state index in [1.807, 2.05) is 50.3 Å². The van der Waals surface area contributed by atoms with E-state index in [2.05, 4.69) is 12.2 Å². The summed E-state index contributed by atoms with van der Waals surface area (Å²) in [6.07, 6.45) is 8.09. The summed E-state index contributed by atoms with van der Waals surface area (Å²) in [5.74, 6) is 1.32. The minimum absolute atomic E-state index is 0.152. The van der Waals surface area contributed by atoms with E-state index in [-0.39, 0.29) is 5.91 Å². The molecule has 0 aromatic heterocycles. The third kappa shape index (κ3) is 8.49. The molecular formula is C22H31NO4. The molecule has 0 aliphatic heterocycles. The molecule has 0 spiro atoms. The molecule has 1 N–H and O–H groups in total. The molecule has 0 heterocycles. The second kappa shape index (κ2) is 12.6. The molecule has 1 rings (SSSR count). The molecule has 27 heavy (non-hydrogen) atoms. The van der Waals surface area contributed by atoms with Gasteiger partial charge in [0.15, 0.2) is 6.10 Å². The Kier molecular flexibility index (Phi) is 10.5. The molecule has 1 unspecified atom stereocenters. The van der Waals surface area contributed by atoms with Gasteiger partial charge < -0.3 is 19.5 Å². The normalized spacial score (nSPS) is 13.4. The van der Waals surface area contributed by atoms with Gasteiger partial charge in [0.1, 0.15) is 5.75 Å². The molecule has 5 nitrogen and oxygen atoms in total. The van der Waals surface area contributed by atoms with Crippen molar-refractivity contribution in [3.63, 3.8) is 0 Å². The van der Waals surface area contributed by atoms with Crippen LogP contribution < -0.4 is 10.1 Å². The minimum Gasteiger partial charge on any atom is -0.504 e. The maximum Gasteiger partial charge on any atom is 0.261 e. The number of carbonyl (C=O) groups is 1. The lowest BCUT2D eigenvalue weighted by Crippen LogP contribution is -2.38. The Morgan fingerprint density at radius 2 is 1.85 bits per heavy atom. The third-order valence-corrected chi connectivity index (χ3v) is 4.01. The van der Waals surface area contributed by atoms with Crippen molar-refractivity contribution < 1.29 is 19.0 Å². The van der Waals surface area contributed by atoms with Gasteiger partial charge in [-0.3, -0.25) is 4.79 Å². The molecule has 0 aliphatic rings. The van der Waals surface area contributed by atoms with Gasteiger partial charge in [-0.1, -0.05) is 32.1 Å². The number of benzene rings is 1. The maximum atomic E-state index is 12.5. The molecule has 0 saturated heterocycles. The SMILES string of the molecule is CCc1ccc(OC(CC)C(=O)NCC(/C=C/OC)=C/C=C(\C)OC)cc1. The fourth-order valence-electron chi connectivity index (χ4n) is 2.21. The first-order valence-electron chi connectivity index (χ1n) is 9.18. The van der Waals surface area contributed by atoms with E-state index in [9.17, 15) is 4.79 Å². The van der Waals surface area contributed by atoms with Gasteiger partial charge >= 0.3 is 0 Å². The van der Waals surface area contributed by atoms with Gasteiger partial charge in [0, 0.05) is 6.54 Å². The molecule has 0 radical (unpaired) electrons. The van der Waals surface area contributed by atoms with Crippen LogP contribution in [-0.4, -0.2) is 32.8 Å². The van der Waals surface area contributed by atoms with E-state index in [0.29, 0.717) is 18.7 Å². The van der Waals surface area contributed by atoms with E-state index < -0.39 is 6.10 Å². The molecule has 0 bridgehead atoms. The van der Waals surface area contributed by atoms with Crippen molar-refractivity contribution in [2.75, 3.05) is 20.8 Å². The summed E-state index contributed by atoms with van der Waals surface area (Å²) in [5.41, 5.74) is 2.11. The number of nitrogens with one attached hydrogen (secondary N) is 1. The number of hydrogen-bond donors (Lipinski definition) is 1. The monoisotopic (exact) mass is 373 g/mol.